The fourth-order valence-electron chi connectivity index (χ4n) is 8.12. The highest BCUT2D eigenvalue weighted by Crippen LogP contribution is 2.49. The van der Waals surface area contributed by atoms with Crippen LogP contribution in [-0.4, -0.2) is 42.2 Å². The van der Waals surface area contributed by atoms with Crippen LogP contribution in [-0.2, 0) is 16.6 Å². The van der Waals surface area contributed by atoms with Gasteiger partial charge >= 0.3 is 0 Å². The third-order valence-electron chi connectivity index (χ3n) is 9.92. The van der Waals surface area contributed by atoms with Crippen LogP contribution in [0.4, 0.5) is 4.39 Å². The molecule has 1 aromatic heterocycles. The Morgan fingerprint density at radius 2 is 1.76 bits per heavy atom. The third-order valence-corrected chi connectivity index (χ3v) is 10.1. The molecule has 4 nitrogen and oxygen atoms in total. The Bertz CT molecular complexity index is 1120. The molecule has 1 saturated carbocycles. The summed E-state index contributed by atoms with van der Waals surface area (Å²) in [5.74, 6) is 0.667. The number of aryl methyl sites for hydroxylation is 1. The molecular weight excluding hydrogens is 544 g/mol. The van der Waals surface area contributed by atoms with Crippen LogP contribution >= 0.6 is 11.6 Å². The molecular formula is C30H39Cl3FN3O. The number of carbonyl (C=O) groups excluding carboxylic acids is 1. The van der Waals surface area contributed by atoms with Crippen LogP contribution in [0.2, 0.25) is 5.15 Å². The molecule has 8 heteroatoms. The van der Waals surface area contributed by atoms with E-state index in [1.165, 1.54) is 24.8 Å². The number of rotatable bonds is 3. The number of piperidine rings is 1. The zero-order valence-corrected chi connectivity index (χ0v) is 24.2. The van der Waals surface area contributed by atoms with Crippen LogP contribution in [0.3, 0.4) is 0 Å². The minimum absolute atomic E-state index is 0. The van der Waals surface area contributed by atoms with Crippen LogP contribution in [0.15, 0.2) is 42.5 Å². The maximum absolute atomic E-state index is 17.5. The van der Waals surface area contributed by atoms with Crippen LogP contribution in [0.1, 0.15) is 80.5 Å². The van der Waals surface area contributed by atoms with Crippen LogP contribution in [0.25, 0.3) is 0 Å². The highest BCUT2D eigenvalue weighted by Gasteiger charge is 2.68. The number of benzene rings is 1. The largest absolute Gasteiger partial charge is 1.00 e. The lowest BCUT2D eigenvalue weighted by Crippen LogP contribution is -3.00. The molecule has 6 rings (SSSR count). The monoisotopic (exact) mass is 581 g/mol. The predicted molar refractivity (Wildman–Crippen MR) is 139 cm³/mol. The number of carbonyl (C=O) groups is 1. The number of quaternary nitrogens is 1. The number of hydrogen-bond donors (Lipinski definition) is 1. The molecule has 4 atom stereocenters. The standard InChI is InChI=1S/C30H37ClFN3O.2ClH/c31-27-14-13-24-25(34-27)12-7-16-29(24)19-33-20-30(29,32)28(36)35-17-15-23(21-8-3-1-4-9-21)18-26(35)22-10-5-2-6-11-22;;/h1,3-4,8-9,13-14,22-23,26,33H,2,5-7,10-12,15-20H2;2*1H/t23-,26+,29+,30?;;/m1../s1. The number of nitrogens with zero attached hydrogens (tertiary/aromatic N) is 1. The van der Waals surface area contributed by atoms with Crippen molar-refractivity contribution in [2.45, 2.75) is 87.3 Å². The first-order valence-corrected chi connectivity index (χ1v) is 14.5. The Kier molecular flexibility index (Phi) is 9.34. The highest BCUT2D eigenvalue weighted by molar-refractivity contribution is 6.28. The number of nitrogens with one attached hydrogen (secondary N) is 1. The quantitative estimate of drug-likeness (QED) is 0.435. The van der Waals surface area contributed by atoms with Gasteiger partial charge in [0.15, 0.2) is 5.69 Å². The maximum Gasteiger partial charge on any atom is 0.273 e. The van der Waals surface area contributed by atoms with Gasteiger partial charge in [0.2, 0.25) is 0 Å². The number of aromatic amines is 1. The Labute approximate surface area is 243 Å². The Morgan fingerprint density at radius 3 is 2.53 bits per heavy atom. The summed E-state index contributed by atoms with van der Waals surface area (Å²) in [6.45, 7) is 1.48. The van der Waals surface area contributed by atoms with Crippen LogP contribution < -0.4 is 35.1 Å². The fraction of sp³-hybridized carbons (Fsp3) is 0.600. The molecule has 1 amide bonds. The van der Waals surface area contributed by atoms with E-state index in [1.807, 2.05) is 22.3 Å². The zero-order chi connectivity index (χ0) is 24.8. The first kappa shape index (κ1) is 29.6. The van der Waals surface area contributed by atoms with E-state index >= 15 is 4.39 Å². The van der Waals surface area contributed by atoms with Gasteiger partial charge in [0.25, 0.3) is 16.7 Å². The van der Waals surface area contributed by atoms with Crippen molar-refractivity contribution in [1.29, 1.82) is 0 Å². The molecule has 1 spiro atoms. The molecule has 2 aliphatic carbocycles. The lowest BCUT2D eigenvalue weighted by Gasteiger charge is -2.48. The normalized spacial score (nSPS) is 31.3. The van der Waals surface area contributed by atoms with Crippen molar-refractivity contribution >= 4 is 17.5 Å². The van der Waals surface area contributed by atoms with Crippen molar-refractivity contribution in [1.82, 2.24) is 4.90 Å². The van der Waals surface area contributed by atoms with Crippen molar-refractivity contribution in [3.8, 4) is 0 Å². The van der Waals surface area contributed by atoms with Gasteiger partial charge in [0, 0.05) is 30.6 Å². The van der Waals surface area contributed by atoms with Gasteiger partial charge in [-0.15, -0.1) is 0 Å². The second-order valence-corrected chi connectivity index (χ2v) is 12.1. The molecule has 0 radical (unpaired) electrons. The van der Waals surface area contributed by atoms with Gasteiger partial charge in [-0.3, -0.25) is 4.79 Å². The third kappa shape index (κ3) is 4.98. The minimum Gasteiger partial charge on any atom is -1.00 e. The molecule has 2 aliphatic heterocycles. The molecule has 1 unspecified atom stereocenters. The summed E-state index contributed by atoms with van der Waals surface area (Å²) in [7, 11) is 0. The van der Waals surface area contributed by atoms with Crippen molar-refractivity contribution < 1.29 is 44.3 Å². The van der Waals surface area contributed by atoms with E-state index in [1.54, 1.807) is 0 Å². The van der Waals surface area contributed by atoms with E-state index in [9.17, 15) is 4.79 Å². The molecule has 3 N–H and O–H groups in total. The molecule has 38 heavy (non-hydrogen) atoms. The molecule has 3 fully saturated rings. The molecule has 4 aliphatic rings. The number of amides is 1. The summed E-state index contributed by atoms with van der Waals surface area (Å²) in [6.07, 6.45) is 10.3. The maximum atomic E-state index is 17.5. The number of hydrogen-bond acceptors (Lipinski definition) is 1. The second-order valence-electron chi connectivity index (χ2n) is 11.7. The number of fused-ring (bicyclic) bond motifs is 2. The van der Waals surface area contributed by atoms with Crippen molar-refractivity contribution in [3.05, 3.63) is 64.4 Å². The molecule has 1 aromatic carbocycles. The predicted octanol–water partition coefficient (Wildman–Crippen LogP) is -1.62. The SMILES string of the molecule is O=C(N1CC[C@@H](c2ccccc2)C[C@H]1C1CCCCC1)C1(F)C[NH2+]C[C@]12CCCc1[nH+]c(Cl)ccc12.[Cl-].[Cl-]. The number of halogens is 4. The van der Waals surface area contributed by atoms with Crippen molar-refractivity contribution in [2.24, 2.45) is 5.92 Å². The van der Waals surface area contributed by atoms with Gasteiger partial charge in [-0.05, 0) is 73.6 Å². The highest BCUT2D eigenvalue weighted by atomic mass is 35.5. The molecule has 208 valence electrons. The number of H-pyrrole nitrogens is 1. The van der Waals surface area contributed by atoms with Gasteiger partial charge in [0.1, 0.15) is 6.54 Å². The molecule has 3 heterocycles. The average molecular weight is 583 g/mol. The lowest BCUT2D eigenvalue weighted by molar-refractivity contribution is -0.642. The summed E-state index contributed by atoms with van der Waals surface area (Å²) in [4.78, 5) is 19.8. The molecule has 2 aromatic rings. The summed E-state index contributed by atoms with van der Waals surface area (Å²) in [6, 6.07) is 14.7. The summed E-state index contributed by atoms with van der Waals surface area (Å²) < 4.78 is 17.5. The Balaban J connectivity index is 0.00000168. The smallest absolute Gasteiger partial charge is 0.273 e. The second kappa shape index (κ2) is 12.0. The van der Waals surface area contributed by atoms with Gasteiger partial charge < -0.3 is 35.0 Å². The first-order chi connectivity index (χ1) is 17.5. The lowest BCUT2D eigenvalue weighted by atomic mass is 9.63. The first-order valence-electron chi connectivity index (χ1n) is 14.1. The van der Waals surface area contributed by atoms with E-state index in [0.29, 0.717) is 36.5 Å². The van der Waals surface area contributed by atoms with E-state index in [-0.39, 0.29) is 43.3 Å². The number of alkyl halides is 1. The number of likely N-dealkylation sites (tertiary alicyclic amines) is 1. The fourth-order valence-corrected chi connectivity index (χ4v) is 8.30. The van der Waals surface area contributed by atoms with Crippen molar-refractivity contribution in [2.75, 3.05) is 19.6 Å². The minimum atomic E-state index is -1.89. The molecule has 2 saturated heterocycles. The van der Waals surface area contributed by atoms with Gasteiger partial charge in [-0.1, -0.05) is 49.6 Å². The van der Waals surface area contributed by atoms with Crippen LogP contribution in [0.5, 0.6) is 0 Å². The van der Waals surface area contributed by atoms with Crippen molar-refractivity contribution in [3.63, 3.8) is 0 Å². The topological polar surface area (TPSA) is 51.1 Å². The average Bonchev–Trinajstić information content (AvgIpc) is 3.25. The number of aromatic nitrogens is 1. The van der Waals surface area contributed by atoms with Gasteiger partial charge in [0.05, 0.1) is 12.0 Å². The zero-order valence-electron chi connectivity index (χ0n) is 21.9. The number of nitrogens with two attached hydrogens (primary N) is 1. The summed E-state index contributed by atoms with van der Waals surface area (Å²) in [5.41, 5.74) is 0.656. The van der Waals surface area contributed by atoms with Gasteiger partial charge in [-0.2, -0.15) is 4.98 Å². The van der Waals surface area contributed by atoms with E-state index in [2.05, 4.69) is 35.3 Å². The molecule has 0 bridgehead atoms. The van der Waals surface area contributed by atoms with E-state index < -0.39 is 11.1 Å². The van der Waals surface area contributed by atoms with E-state index in [0.717, 1.165) is 49.8 Å². The van der Waals surface area contributed by atoms with E-state index in [4.69, 9.17) is 11.6 Å². The Morgan fingerprint density at radius 1 is 1.00 bits per heavy atom. The van der Waals surface area contributed by atoms with Crippen LogP contribution in [0, 0.1) is 5.92 Å². The number of pyridine rings is 1. The summed E-state index contributed by atoms with van der Waals surface area (Å²) in [5, 5.41) is 2.61. The Hall–Kier alpha value is -1.40. The van der Waals surface area contributed by atoms with Gasteiger partial charge in [-0.25, -0.2) is 4.39 Å². The summed E-state index contributed by atoms with van der Waals surface area (Å²) >= 11 is 6.26.